The topological polar surface area (TPSA) is 45.2 Å². The van der Waals surface area contributed by atoms with Gasteiger partial charge in [0, 0.05) is 37.3 Å². The average molecular weight is 299 g/mol. The van der Waals surface area contributed by atoms with Gasteiger partial charge in [-0.2, -0.15) is 0 Å². The largest absolute Gasteiger partial charge is 0.372 e. The number of carbonyl (C=O) groups excluding carboxylic acids is 1. The van der Waals surface area contributed by atoms with Crippen molar-refractivity contribution in [1.82, 2.24) is 10.3 Å². The summed E-state index contributed by atoms with van der Waals surface area (Å²) in [5.74, 6) is 0.0219. The van der Waals surface area contributed by atoms with Crippen molar-refractivity contribution < 1.29 is 4.79 Å². The van der Waals surface area contributed by atoms with E-state index in [1.165, 1.54) is 29.9 Å². The summed E-state index contributed by atoms with van der Waals surface area (Å²) >= 11 is 1.50. The molecular formula is C16H17N3OS. The highest BCUT2D eigenvalue weighted by Gasteiger charge is 2.22. The molecule has 0 unspecified atom stereocenters. The van der Waals surface area contributed by atoms with E-state index in [4.69, 9.17) is 0 Å². The van der Waals surface area contributed by atoms with Gasteiger partial charge in [0.25, 0.3) is 5.91 Å². The van der Waals surface area contributed by atoms with E-state index in [2.05, 4.69) is 39.5 Å². The first kappa shape index (κ1) is 12.8. The van der Waals surface area contributed by atoms with Gasteiger partial charge in [0.1, 0.15) is 9.88 Å². The number of hydrogen-bond acceptors (Lipinski definition) is 4. The van der Waals surface area contributed by atoms with Gasteiger partial charge in [0.05, 0.1) is 5.69 Å². The van der Waals surface area contributed by atoms with Crippen LogP contribution in [0.2, 0.25) is 0 Å². The number of nitrogens with one attached hydrogen (secondary N) is 1. The summed E-state index contributed by atoms with van der Waals surface area (Å²) in [4.78, 5) is 19.7. The molecule has 1 aromatic carbocycles. The molecule has 0 atom stereocenters. The zero-order chi connectivity index (χ0) is 14.2. The van der Waals surface area contributed by atoms with Crippen molar-refractivity contribution >= 4 is 22.9 Å². The second-order valence-corrected chi connectivity index (χ2v) is 6.54. The Bertz CT molecular complexity index is 671. The first-order valence-electron chi connectivity index (χ1n) is 7.44. The van der Waals surface area contributed by atoms with Crippen LogP contribution in [0.1, 0.15) is 28.2 Å². The van der Waals surface area contributed by atoms with E-state index in [1.54, 1.807) is 0 Å². The number of nitrogens with zero attached hydrogens (tertiary/aromatic N) is 2. The number of benzene rings is 1. The smallest absolute Gasteiger partial charge is 0.263 e. The third-order valence-corrected chi connectivity index (χ3v) is 5.28. The Morgan fingerprint density at radius 3 is 2.62 bits per heavy atom. The van der Waals surface area contributed by atoms with Gasteiger partial charge in [-0.05, 0) is 37.1 Å². The second kappa shape index (κ2) is 5.15. The van der Waals surface area contributed by atoms with E-state index in [9.17, 15) is 4.79 Å². The zero-order valence-electron chi connectivity index (χ0n) is 11.8. The Balaban J connectivity index is 1.63. The van der Waals surface area contributed by atoms with Crippen LogP contribution in [0.15, 0.2) is 24.3 Å². The van der Waals surface area contributed by atoms with Gasteiger partial charge in [-0.1, -0.05) is 0 Å². The summed E-state index contributed by atoms with van der Waals surface area (Å²) in [5, 5.41) is 3.82. The quantitative estimate of drug-likeness (QED) is 0.927. The molecule has 0 radical (unpaired) electrons. The van der Waals surface area contributed by atoms with Crippen LogP contribution < -0.4 is 10.2 Å². The summed E-state index contributed by atoms with van der Waals surface area (Å²) in [7, 11) is 0. The average Bonchev–Trinajstić information content (AvgIpc) is 3.18. The van der Waals surface area contributed by atoms with Crippen LogP contribution in [-0.2, 0) is 6.42 Å². The maximum absolute atomic E-state index is 11.8. The van der Waals surface area contributed by atoms with Crippen molar-refractivity contribution in [1.29, 1.82) is 0 Å². The molecule has 5 heteroatoms. The number of rotatable bonds is 2. The Hall–Kier alpha value is -1.88. The Kier molecular flexibility index (Phi) is 3.15. The molecule has 4 rings (SSSR count). The summed E-state index contributed by atoms with van der Waals surface area (Å²) in [6.07, 6.45) is 3.41. The molecule has 3 heterocycles. The van der Waals surface area contributed by atoms with E-state index in [1.807, 2.05) is 0 Å². The molecule has 0 saturated carbocycles. The van der Waals surface area contributed by atoms with Crippen molar-refractivity contribution in [2.45, 2.75) is 19.3 Å². The van der Waals surface area contributed by atoms with E-state index in [-0.39, 0.29) is 5.91 Å². The van der Waals surface area contributed by atoms with Crippen LogP contribution in [0, 0.1) is 0 Å². The number of amides is 1. The van der Waals surface area contributed by atoms with E-state index < -0.39 is 0 Å². The van der Waals surface area contributed by atoms with E-state index in [0.29, 0.717) is 6.54 Å². The van der Waals surface area contributed by atoms with Crippen molar-refractivity contribution in [2.24, 2.45) is 0 Å². The summed E-state index contributed by atoms with van der Waals surface area (Å²) < 4.78 is 0. The third-order valence-electron chi connectivity index (χ3n) is 4.14. The number of carbonyl (C=O) groups is 1. The Morgan fingerprint density at radius 2 is 1.90 bits per heavy atom. The number of thiazole rings is 1. The highest BCUT2D eigenvalue weighted by molar-refractivity contribution is 7.17. The standard InChI is InChI=1S/C16H17N3OS/c20-15-14-13(7-8-17-15)18-16(21-14)11-3-5-12(6-4-11)19-9-1-2-10-19/h3-6H,1-2,7-10H2,(H,17,20). The molecule has 0 aliphatic carbocycles. The molecule has 0 spiro atoms. The summed E-state index contributed by atoms with van der Waals surface area (Å²) in [5.41, 5.74) is 3.34. The molecule has 1 N–H and O–H groups in total. The number of hydrogen-bond donors (Lipinski definition) is 1. The van der Waals surface area contributed by atoms with Gasteiger partial charge in [-0.3, -0.25) is 4.79 Å². The fourth-order valence-corrected chi connectivity index (χ4v) is 4.02. The molecular weight excluding hydrogens is 282 g/mol. The van der Waals surface area contributed by atoms with Gasteiger partial charge in [0.2, 0.25) is 0 Å². The third kappa shape index (κ3) is 2.31. The molecule has 21 heavy (non-hydrogen) atoms. The fourth-order valence-electron chi connectivity index (χ4n) is 2.99. The van der Waals surface area contributed by atoms with Crippen molar-refractivity contribution in [3.8, 4) is 10.6 Å². The molecule has 2 aliphatic rings. The van der Waals surface area contributed by atoms with Gasteiger partial charge in [-0.15, -0.1) is 11.3 Å². The Labute approximate surface area is 127 Å². The molecule has 2 aliphatic heterocycles. The predicted octanol–water partition coefficient (Wildman–Crippen LogP) is 2.70. The minimum absolute atomic E-state index is 0.0219. The lowest BCUT2D eigenvalue weighted by Gasteiger charge is -2.17. The summed E-state index contributed by atoms with van der Waals surface area (Å²) in [6.45, 7) is 3.01. The molecule has 0 bridgehead atoms. The monoisotopic (exact) mass is 299 g/mol. The van der Waals surface area contributed by atoms with Crippen LogP contribution in [0.25, 0.3) is 10.6 Å². The molecule has 4 nitrogen and oxygen atoms in total. The zero-order valence-corrected chi connectivity index (χ0v) is 12.6. The van der Waals surface area contributed by atoms with Crippen LogP contribution in [0.3, 0.4) is 0 Å². The minimum Gasteiger partial charge on any atom is -0.372 e. The van der Waals surface area contributed by atoms with E-state index in [0.717, 1.165) is 40.7 Å². The van der Waals surface area contributed by atoms with Gasteiger partial charge >= 0.3 is 0 Å². The van der Waals surface area contributed by atoms with Crippen molar-refractivity contribution in [3.05, 3.63) is 34.8 Å². The van der Waals surface area contributed by atoms with Gasteiger partial charge in [0.15, 0.2) is 0 Å². The predicted molar refractivity (Wildman–Crippen MR) is 85.0 cm³/mol. The molecule has 2 aromatic rings. The maximum Gasteiger partial charge on any atom is 0.263 e. The van der Waals surface area contributed by atoms with Gasteiger partial charge in [-0.25, -0.2) is 4.98 Å². The summed E-state index contributed by atoms with van der Waals surface area (Å²) in [6, 6.07) is 8.58. The van der Waals surface area contributed by atoms with Crippen LogP contribution in [0.5, 0.6) is 0 Å². The number of anilines is 1. The first-order valence-corrected chi connectivity index (χ1v) is 8.26. The minimum atomic E-state index is 0.0219. The molecule has 1 amide bonds. The number of fused-ring (bicyclic) bond motifs is 1. The maximum atomic E-state index is 11.8. The van der Waals surface area contributed by atoms with Crippen LogP contribution in [-0.4, -0.2) is 30.5 Å². The van der Waals surface area contributed by atoms with Crippen LogP contribution in [0.4, 0.5) is 5.69 Å². The van der Waals surface area contributed by atoms with Gasteiger partial charge < -0.3 is 10.2 Å². The normalized spacial score (nSPS) is 17.7. The molecule has 108 valence electrons. The fraction of sp³-hybridized carbons (Fsp3) is 0.375. The SMILES string of the molecule is O=C1NCCc2nc(-c3ccc(N4CCCC4)cc3)sc21. The Morgan fingerprint density at radius 1 is 1.14 bits per heavy atom. The highest BCUT2D eigenvalue weighted by Crippen LogP contribution is 2.31. The lowest BCUT2D eigenvalue weighted by atomic mass is 10.2. The first-order chi connectivity index (χ1) is 10.3. The molecule has 1 saturated heterocycles. The lowest BCUT2D eigenvalue weighted by molar-refractivity contribution is 0.0950. The van der Waals surface area contributed by atoms with Crippen LogP contribution >= 0.6 is 11.3 Å². The number of aromatic nitrogens is 1. The highest BCUT2D eigenvalue weighted by atomic mass is 32.1. The van der Waals surface area contributed by atoms with Crippen molar-refractivity contribution in [3.63, 3.8) is 0 Å². The molecule has 1 aromatic heterocycles. The molecule has 1 fully saturated rings. The second-order valence-electron chi connectivity index (χ2n) is 5.54. The van der Waals surface area contributed by atoms with E-state index >= 15 is 0 Å². The lowest BCUT2D eigenvalue weighted by Crippen LogP contribution is -2.30. The van der Waals surface area contributed by atoms with Crippen molar-refractivity contribution in [2.75, 3.05) is 24.5 Å².